The molecule has 1 saturated carbocycles. The van der Waals surface area contributed by atoms with E-state index < -0.39 is 0 Å². The number of carbonyl (C=O) groups is 1. The highest BCUT2D eigenvalue weighted by Crippen LogP contribution is 2.33. The molecule has 1 aromatic heterocycles. The Labute approximate surface area is 152 Å². The van der Waals surface area contributed by atoms with E-state index in [2.05, 4.69) is 31.1 Å². The fourth-order valence-electron chi connectivity index (χ4n) is 3.27. The zero-order valence-corrected chi connectivity index (χ0v) is 15.6. The third kappa shape index (κ3) is 4.27. The second-order valence-corrected chi connectivity index (χ2v) is 7.89. The predicted octanol–water partition coefficient (Wildman–Crippen LogP) is 3.07. The standard InChI is InChI=1S/C19H25FN4O2/c1-19(2,3)26-16-8-13(9-16)12-23(4)18(25)17-11-21-22-24(17)15-7-5-6-14(20)10-15/h5-7,10-11,13,16H,8-9,12H2,1-4H3. The number of nitrogens with zero attached hydrogens (tertiary/aromatic N) is 4. The SMILES string of the molecule is CN(CC1CC(OC(C)(C)C)C1)C(=O)c1cnnn1-c1cccc(F)c1. The van der Waals surface area contributed by atoms with E-state index in [1.54, 1.807) is 24.1 Å². The van der Waals surface area contributed by atoms with E-state index >= 15 is 0 Å². The van der Waals surface area contributed by atoms with Crippen LogP contribution >= 0.6 is 0 Å². The summed E-state index contributed by atoms with van der Waals surface area (Å²) in [6.45, 7) is 6.81. The summed E-state index contributed by atoms with van der Waals surface area (Å²) in [5.41, 5.74) is 0.655. The van der Waals surface area contributed by atoms with Gasteiger partial charge in [-0.05, 0) is 57.7 Å². The summed E-state index contributed by atoms with van der Waals surface area (Å²) in [6, 6.07) is 5.94. The zero-order valence-electron chi connectivity index (χ0n) is 15.6. The van der Waals surface area contributed by atoms with E-state index in [0.717, 1.165) is 12.8 Å². The molecule has 0 saturated heterocycles. The van der Waals surface area contributed by atoms with Gasteiger partial charge >= 0.3 is 0 Å². The third-order valence-corrected chi connectivity index (χ3v) is 4.41. The van der Waals surface area contributed by atoms with Crippen LogP contribution < -0.4 is 0 Å². The van der Waals surface area contributed by atoms with Crippen LogP contribution in [0.2, 0.25) is 0 Å². The molecule has 0 N–H and O–H groups in total. The Kier molecular flexibility index (Phi) is 5.09. The molecule has 1 heterocycles. The number of ether oxygens (including phenoxy) is 1. The van der Waals surface area contributed by atoms with Crippen LogP contribution in [0, 0.1) is 11.7 Å². The maximum Gasteiger partial charge on any atom is 0.274 e. The summed E-state index contributed by atoms with van der Waals surface area (Å²) < 4.78 is 20.8. The normalized spacial score (nSPS) is 19.9. The summed E-state index contributed by atoms with van der Waals surface area (Å²) in [4.78, 5) is 14.4. The Morgan fingerprint density at radius 3 is 2.77 bits per heavy atom. The third-order valence-electron chi connectivity index (χ3n) is 4.41. The van der Waals surface area contributed by atoms with Gasteiger partial charge in [0.25, 0.3) is 5.91 Å². The summed E-state index contributed by atoms with van der Waals surface area (Å²) in [6.07, 6.45) is 3.59. The molecule has 0 spiro atoms. The van der Waals surface area contributed by atoms with Crippen LogP contribution in [0.25, 0.3) is 5.69 Å². The topological polar surface area (TPSA) is 60.2 Å². The van der Waals surface area contributed by atoms with Gasteiger partial charge in [-0.15, -0.1) is 5.10 Å². The number of amides is 1. The van der Waals surface area contributed by atoms with Gasteiger partial charge in [-0.25, -0.2) is 9.07 Å². The lowest BCUT2D eigenvalue weighted by atomic mass is 9.81. The highest BCUT2D eigenvalue weighted by atomic mass is 19.1. The van der Waals surface area contributed by atoms with E-state index in [1.165, 1.54) is 23.0 Å². The van der Waals surface area contributed by atoms with Gasteiger partial charge in [0.15, 0.2) is 5.69 Å². The van der Waals surface area contributed by atoms with Gasteiger partial charge in [0, 0.05) is 13.6 Å². The second-order valence-electron chi connectivity index (χ2n) is 7.89. The minimum atomic E-state index is -0.385. The van der Waals surface area contributed by atoms with Gasteiger partial charge in [-0.1, -0.05) is 11.3 Å². The maximum atomic E-state index is 13.5. The van der Waals surface area contributed by atoms with Crippen LogP contribution in [-0.4, -0.2) is 51.1 Å². The number of hydrogen-bond acceptors (Lipinski definition) is 4. The molecule has 6 nitrogen and oxygen atoms in total. The minimum absolute atomic E-state index is 0.138. The molecule has 1 aromatic carbocycles. The second kappa shape index (κ2) is 7.15. The van der Waals surface area contributed by atoms with Crippen molar-refractivity contribution in [1.29, 1.82) is 0 Å². The van der Waals surface area contributed by atoms with Crippen LogP contribution in [0.15, 0.2) is 30.5 Å². The lowest BCUT2D eigenvalue weighted by Crippen LogP contribution is -2.43. The van der Waals surface area contributed by atoms with E-state index in [4.69, 9.17) is 4.74 Å². The molecule has 1 amide bonds. The van der Waals surface area contributed by atoms with Gasteiger partial charge in [0.1, 0.15) is 5.82 Å². The van der Waals surface area contributed by atoms with Crippen molar-refractivity contribution in [2.45, 2.75) is 45.3 Å². The van der Waals surface area contributed by atoms with Gasteiger partial charge in [-0.3, -0.25) is 4.79 Å². The number of hydrogen-bond donors (Lipinski definition) is 0. The molecule has 1 aliphatic rings. The Morgan fingerprint density at radius 2 is 2.12 bits per heavy atom. The summed E-state index contributed by atoms with van der Waals surface area (Å²) in [5, 5.41) is 7.75. The van der Waals surface area contributed by atoms with E-state index in [9.17, 15) is 9.18 Å². The van der Waals surface area contributed by atoms with Crippen molar-refractivity contribution in [3.8, 4) is 5.69 Å². The number of carbonyl (C=O) groups excluding carboxylic acids is 1. The Bertz CT molecular complexity index is 778. The highest BCUT2D eigenvalue weighted by Gasteiger charge is 2.34. The summed E-state index contributed by atoms with van der Waals surface area (Å²) in [7, 11) is 1.77. The molecule has 26 heavy (non-hydrogen) atoms. The van der Waals surface area contributed by atoms with Gasteiger partial charge in [0.2, 0.25) is 0 Å². The van der Waals surface area contributed by atoms with Gasteiger partial charge in [-0.2, -0.15) is 0 Å². The van der Waals surface area contributed by atoms with E-state index in [-0.39, 0.29) is 23.4 Å². The van der Waals surface area contributed by atoms with Crippen molar-refractivity contribution < 1.29 is 13.9 Å². The van der Waals surface area contributed by atoms with Crippen molar-refractivity contribution in [3.63, 3.8) is 0 Å². The predicted molar refractivity (Wildman–Crippen MR) is 95.6 cm³/mol. The molecule has 140 valence electrons. The van der Waals surface area contributed by atoms with E-state index in [0.29, 0.717) is 23.8 Å². The van der Waals surface area contributed by atoms with E-state index in [1.807, 2.05) is 0 Å². The minimum Gasteiger partial charge on any atom is -0.373 e. The fraction of sp³-hybridized carbons (Fsp3) is 0.526. The van der Waals surface area contributed by atoms with Crippen LogP contribution in [-0.2, 0) is 4.74 Å². The quantitative estimate of drug-likeness (QED) is 0.822. The average Bonchev–Trinajstić information content (AvgIpc) is 3.00. The molecule has 0 unspecified atom stereocenters. The Balaban J connectivity index is 1.61. The number of halogens is 1. The van der Waals surface area contributed by atoms with Crippen molar-refractivity contribution in [1.82, 2.24) is 19.9 Å². The highest BCUT2D eigenvalue weighted by molar-refractivity contribution is 5.92. The average molecular weight is 360 g/mol. The van der Waals surface area contributed by atoms with Crippen molar-refractivity contribution in [3.05, 3.63) is 42.0 Å². The molecule has 3 rings (SSSR count). The first kappa shape index (κ1) is 18.5. The maximum absolute atomic E-state index is 13.5. The largest absolute Gasteiger partial charge is 0.373 e. The molecule has 0 atom stereocenters. The number of rotatable bonds is 5. The van der Waals surface area contributed by atoms with Crippen LogP contribution in [0.5, 0.6) is 0 Å². The molecule has 0 bridgehead atoms. The van der Waals surface area contributed by atoms with Crippen molar-refractivity contribution >= 4 is 5.91 Å². The van der Waals surface area contributed by atoms with Gasteiger partial charge in [0.05, 0.1) is 23.6 Å². The summed E-state index contributed by atoms with van der Waals surface area (Å²) >= 11 is 0. The van der Waals surface area contributed by atoms with Crippen LogP contribution in [0.3, 0.4) is 0 Å². The molecule has 2 aromatic rings. The smallest absolute Gasteiger partial charge is 0.274 e. The summed E-state index contributed by atoms with van der Waals surface area (Å²) in [5.74, 6) is -0.140. The molecule has 0 radical (unpaired) electrons. The molecule has 0 aliphatic heterocycles. The molecular weight excluding hydrogens is 335 g/mol. The molecule has 1 aliphatic carbocycles. The molecule has 1 fully saturated rings. The Hall–Kier alpha value is -2.28. The van der Waals surface area contributed by atoms with Crippen molar-refractivity contribution in [2.75, 3.05) is 13.6 Å². The number of aromatic nitrogens is 3. The first-order valence-corrected chi connectivity index (χ1v) is 8.83. The van der Waals surface area contributed by atoms with Crippen LogP contribution in [0.4, 0.5) is 4.39 Å². The monoisotopic (exact) mass is 360 g/mol. The lowest BCUT2D eigenvalue weighted by molar-refractivity contribution is -0.113. The van der Waals surface area contributed by atoms with Crippen molar-refractivity contribution in [2.24, 2.45) is 5.92 Å². The first-order chi connectivity index (χ1) is 12.2. The zero-order chi connectivity index (χ0) is 18.9. The lowest BCUT2D eigenvalue weighted by Gasteiger charge is -2.40. The number of benzene rings is 1. The molecule has 7 heteroatoms. The first-order valence-electron chi connectivity index (χ1n) is 8.83. The van der Waals surface area contributed by atoms with Crippen LogP contribution in [0.1, 0.15) is 44.1 Å². The molecular formula is C19H25FN4O2. The fourth-order valence-corrected chi connectivity index (χ4v) is 3.27. The Morgan fingerprint density at radius 1 is 1.38 bits per heavy atom. The van der Waals surface area contributed by atoms with Gasteiger partial charge < -0.3 is 9.64 Å².